The minimum atomic E-state index is -6.28. The molecule has 13 heteroatoms. The third-order valence-electron chi connectivity index (χ3n) is 5.10. The van der Waals surface area contributed by atoms with E-state index in [4.69, 9.17) is 0 Å². The van der Waals surface area contributed by atoms with Gasteiger partial charge in [-0.15, -0.1) is 0 Å². The first-order chi connectivity index (χ1) is 15.9. The number of alkyl halides is 7. The van der Waals surface area contributed by atoms with E-state index in [1.807, 2.05) is 0 Å². The highest BCUT2D eigenvalue weighted by Crippen LogP contribution is 2.53. The van der Waals surface area contributed by atoms with Crippen molar-refractivity contribution in [2.45, 2.75) is 44.8 Å². The van der Waals surface area contributed by atoms with Crippen molar-refractivity contribution in [3.05, 3.63) is 62.2 Å². The monoisotopic (exact) mass is 618 g/mol. The number of halogens is 8. The molecule has 0 radical (unpaired) electrons. The maximum atomic E-state index is 14.3. The first-order valence-corrected chi connectivity index (χ1v) is 10.8. The van der Waals surface area contributed by atoms with Crippen LogP contribution in [0.4, 0.5) is 36.4 Å². The lowest BCUT2D eigenvalue weighted by Gasteiger charge is -2.30. The summed E-state index contributed by atoms with van der Waals surface area (Å²) in [7, 11) is 0. The predicted molar refractivity (Wildman–Crippen MR) is 121 cm³/mol. The quantitative estimate of drug-likeness (QED) is 0.316. The molecule has 0 spiro atoms. The summed E-state index contributed by atoms with van der Waals surface area (Å²) >= 11 is 1.78. The smallest absolute Gasteiger partial charge is 0.342 e. The Kier molecular flexibility index (Phi) is 8.24. The van der Waals surface area contributed by atoms with Crippen molar-refractivity contribution in [1.29, 1.82) is 0 Å². The molecule has 35 heavy (non-hydrogen) atoms. The van der Waals surface area contributed by atoms with Crippen LogP contribution in [0.2, 0.25) is 0 Å². The van der Waals surface area contributed by atoms with Gasteiger partial charge in [-0.3, -0.25) is 14.4 Å². The number of carbonyl (C=O) groups is 3. The molecule has 1 atom stereocenters. The largest absolute Gasteiger partial charge is 0.435 e. The highest BCUT2D eigenvalue weighted by molar-refractivity contribution is 14.1. The van der Waals surface area contributed by atoms with Gasteiger partial charge in [-0.1, -0.05) is 18.2 Å². The first-order valence-electron chi connectivity index (χ1n) is 9.76. The fourth-order valence-electron chi connectivity index (χ4n) is 3.01. The Labute approximate surface area is 208 Å². The van der Waals surface area contributed by atoms with Gasteiger partial charge in [0.05, 0.1) is 17.2 Å². The van der Waals surface area contributed by atoms with Crippen LogP contribution < -0.4 is 10.6 Å². The number of ketones is 1. The van der Waals surface area contributed by atoms with Crippen molar-refractivity contribution < 1.29 is 45.1 Å². The second kappa shape index (κ2) is 10.1. The van der Waals surface area contributed by atoms with Crippen LogP contribution in [0.1, 0.15) is 45.7 Å². The third-order valence-corrected chi connectivity index (χ3v) is 6.00. The van der Waals surface area contributed by atoms with Gasteiger partial charge < -0.3 is 10.6 Å². The molecule has 0 bridgehead atoms. The Bertz CT molecular complexity index is 1150. The zero-order valence-corrected chi connectivity index (χ0v) is 20.4. The van der Waals surface area contributed by atoms with Crippen LogP contribution in [-0.4, -0.2) is 36.0 Å². The second-order valence-electron chi connectivity index (χ2n) is 7.61. The molecule has 5 nitrogen and oxygen atoms in total. The van der Waals surface area contributed by atoms with Crippen molar-refractivity contribution >= 4 is 45.9 Å². The topological polar surface area (TPSA) is 75.3 Å². The SMILES string of the molecule is CC(=O)C(C)NC(=O)c1c(I)cccc1C(=O)Nc1ccc(C(F)(C(F)(F)F)C(F)(F)F)cc1C. The number of aryl methyl sites for hydroxylation is 1. The Morgan fingerprint density at radius 1 is 0.914 bits per heavy atom. The van der Waals surface area contributed by atoms with Gasteiger partial charge in [0.15, 0.2) is 5.78 Å². The Morgan fingerprint density at radius 3 is 1.97 bits per heavy atom. The lowest BCUT2D eigenvalue weighted by atomic mass is 9.92. The normalized spacial score (nSPS) is 13.2. The summed E-state index contributed by atoms with van der Waals surface area (Å²) in [5, 5.41) is 4.74. The minimum absolute atomic E-state index is 0.0927. The molecule has 0 saturated carbocycles. The van der Waals surface area contributed by atoms with Crippen LogP contribution in [-0.2, 0) is 10.5 Å². The van der Waals surface area contributed by atoms with Gasteiger partial charge in [0.25, 0.3) is 11.8 Å². The average molecular weight is 618 g/mol. The van der Waals surface area contributed by atoms with E-state index in [0.29, 0.717) is 15.7 Å². The van der Waals surface area contributed by atoms with Gasteiger partial charge in [-0.25, -0.2) is 4.39 Å². The molecule has 2 rings (SSSR count). The second-order valence-corrected chi connectivity index (χ2v) is 8.77. The zero-order valence-electron chi connectivity index (χ0n) is 18.3. The van der Waals surface area contributed by atoms with E-state index >= 15 is 0 Å². The molecule has 0 aliphatic heterocycles. The van der Waals surface area contributed by atoms with Crippen molar-refractivity contribution in [3.63, 3.8) is 0 Å². The predicted octanol–water partition coefficient (Wildman–Crippen LogP) is 5.85. The summed E-state index contributed by atoms with van der Waals surface area (Å²) in [4.78, 5) is 37.0. The lowest BCUT2D eigenvalue weighted by molar-refractivity contribution is -0.348. The van der Waals surface area contributed by atoms with Crippen LogP contribution in [0.3, 0.4) is 0 Å². The highest BCUT2D eigenvalue weighted by Gasteiger charge is 2.73. The van der Waals surface area contributed by atoms with Crippen LogP contribution >= 0.6 is 22.6 Å². The molecule has 2 amide bonds. The summed E-state index contributed by atoms with van der Waals surface area (Å²) < 4.78 is 92.8. The number of amides is 2. The van der Waals surface area contributed by atoms with Crippen molar-refractivity contribution in [3.8, 4) is 0 Å². The minimum Gasteiger partial charge on any atom is -0.342 e. The molecule has 190 valence electrons. The molecule has 1 unspecified atom stereocenters. The lowest BCUT2D eigenvalue weighted by Crippen LogP contribution is -2.50. The van der Waals surface area contributed by atoms with Gasteiger partial charge in [0.1, 0.15) is 0 Å². The van der Waals surface area contributed by atoms with E-state index < -0.39 is 41.4 Å². The van der Waals surface area contributed by atoms with E-state index in [1.165, 1.54) is 32.0 Å². The maximum Gasteiger partial charge on any atom is 0.435 e. The van der Waals surface area contributed by atoms with Crippen LogP contribution in [0, 0.1) is 10.5 Å². The molecule has 0 aromatic heterocycles. The molecular weight excluding hydrogens is 600 g/mol. The van der Waals surface area contributed by atoms with Gasteiger partial charge in [-0.2, -0.15) is 26.3 Å². The Balaban J connectivity index is 2.43. The van der Waals surface area contributed by atoms with E-state index in [-0.39, 0.29) is 34.2 Å². The number of Topliss-reactive ketones (excluding diaryl/α,β-unsaturated/α-hetero) is 1. The van der Waals surface area contributed by atoms with Crippen LogP contribution in [0.5, 0.6) is 0 Å². The highest BCUT2D eigenvalue weighted by atomic mass is 127. The number of hydrogen-bond acceptors (Lipinski definition) is 3. The molecule has 0 saturated heterocycles. The molecule has 2 aromatic carbocycles. The summed E-state index contributed by atoms with van der Waals surface area (Å²) in [6.07, 6.45) is -12.6. The summed E-state index contributed by atoms with van der Waals surface area (Å²) in [6.45, 7) is 3.78. The van der Waals surface area contributed by atoms with Crippen molar-refractivity contribution in [2.75, 3.05) is 5.32 Å². The molecule has 0 aliphatic carbocycles. The van der Waals surface area contributed by atoms with E-state index in [2.05, 4.69) is 10.6 Å². The van der Waals surface area contributed by atoms with E-state index in [0.717, 1.165) is 6.92 Å². The van der Waals surface area contributed by atoms with E-state index in [9.17, 15) is 45.1 Å². The zero-order chi connectivity index (χ0) is 26.9. The third kappa shape index (κ3) is 5.76. The maximum absolute atomic E-state index is 14.3. The van der Waals surface area contributed by atoms with Gasteiger partial charge in [0, 0.05) is 14.8 Å². The van der Waals surface area contributed by atoms with Gasteiger partial charge >= 0.3 is 18.0 Å². The molecular formula is C22H18F7IN2O3. The first kappa shape index (κ1) is 28.5. The number of carbonyl (C=O) groups excluding carboxylic acids is 3. The number of hydrogen-bond donors (Lipinski definition) is 2. The standard InChI is InChI=1S/C22H18F7IN2O3/c1-10-9-13(20(23,21(24,25)26)22(27,28)29)7-8-16(10)32-18(34)14-5-4-6-15(30)17(14)19(35)31-11(2)12(3)33/h4-9,11H,1-3H3,(H,31,35)(H,32,34). The molecule has 2 aromatic rings. The molecule has 0 fully saturated rings. The molecule has 2 N–H and O–H groups in total. The van der Waals surface area contributed by atoms with Crippen LogP contribution in [0.15, 0.2) is 36.4 Å². The fourth-order valence-corrected chi connectivity index (χ4v) is 3.75. The van der Waals surface area contributed by atoms with E-state index in [1.54, 1.807) is 22.6 Å². The van der Waals surface area contributed by atoms with Crippen LogP contribution in [0.25, 0.3) is 0 Å². The van der Waals surface area contributed by atoms with Crippen molar-refractivity contribution in [1.82, 2.24) is 5.32 Å². The Hall–Kier alpha value is -2.71. The summed E-state index contributed by atoms with van der Waals surface area (Å²) in [6, 6.07) is 4.71. The van der Waals surface area contributed by atoms with Gasteiger partial charge in [0.2, 0.25) is 0 Å². The fraction of sp³-hybridized carbons (Fsp3) is 0.318. The number of benzene rings is 2. The molecule has 0 heterocycles. The number of nitrogens with one attached hydrogen (secondary N) is 2. The summed E-state index contributed by atoms with van der Waals surface area (Å²) in [5.74, 6) is -1.99. The number of rotatable bonds is 6. The van der Waals surface area contributed by atoms with Crippen molar-refractivity contribution in [2.24, 2.45) is 0 Å². The number of anilines is 1. The average Bonchev–Trinajstić information content (AvgIpc) is 2.72. The summed E-state index contributed by atoms with van der Waals surface area (Å²) in [5.41, 5.74) is -8.05. The van der Waals surface area contributed by atoms with Gasteiger partial charge in [-0.05, 0) is 67.1 Å². The Morgan fingerprint density at radius 2 is 1.49 bits per heavy atom. The molecule has 0 aliphatic rings.